The third-order valence-corrected chi connectivity index (χ3v) is 3.69. The Bertz CT molecular complexity index is 687. The second kappa shape index (κ2) is 6.69. The number of benzene rings is 1. The van der Waals surface area contributed by atoms with E-state index in [9.17, 15) is 14.0 Å². The highest BCUT2D eigenvalue weighted by atomic mass is 35.5. The lowest BCUT2D eigenvalue weighted by Crippen LogP contribution is -2.21. The normalized spacial score (nSPS) is 10.2. The van der Waals surface area contributed by atoms with Gasteiger partial charge in [0.15, 0.2) is 6.61 Å². The number of halogens is 2. The van der Waals surface area contributed by atoms with Gasteiger partial charge in [-0.15, -0.1) is 11.3 Å². The molecule has 1 heterocycles. The molecule has 110 valence electrons. The average molecular weight is 328 g/mol. The first-order valence-corrected chi connectivity index (χ1v) is 7.13. The van der Waals surface area contributed by atoms with E-state index >= 15 is 0 Å². The largest absolute Gasteiger partial charge is 0.451 e. The Balaban J connectivity index is 1.90. The Morgan fingerprint density at radius 1 is 1.33 bits per heavy atom. The Kier molecular flexibility index (Phi) is 4.93. The predicted molar refractivity (Wildman–Crippen MR) is 79.4 cm³/mol. The smallest absolute Gasteiger partial charge is 0.348 e. The van der Waals surface area contributed by atoms with Crippen LogP contribution in [0.15, 0.2) is 30.3 Å². The number of aryl methyl sites for hydroxylation is 1. The Labute approximate surface area is 129 Å². The zero-order valence-electron chi connectivity index (χ0n) is 11.0. The van der Waals surface area contributed by atoms with Gasteiger partial charge in [-0.25, -0.2) is 9.18 Å². The molecule has 0 unspecified atom stereocenters. The van der Waals surface area contributed by atoms with Gasteiger partial charge in [-0.05, 0) is 37.3 Å². The summed E-state index contributed by atoms with van der Waals surface area (Å²) in [7, 11) is 0. The summed E-state index contributed by atoms with van der Waals surface area (Å²) in [5.74, 6) is -1.85. The van der Waals surface area contributed by atoms with E-state index in [-0.39, 0.29) is 10.7 Å². The van der Waals surface area contributed by atoms with Crippen molar-refractivity contribution in [1.82, 2.24) is 0 Å². The maximum Gasteiger partial charge on any atom is 0.348 e. The van der Waals surface area contributed by atoms with E-state index in [1.165, 1.54) is 23.5 Å². The Hall–Kier alpha value is -1.92. The van der Waals surface area contributed by atoms with Crippen molar-refractivity contribution < 1.29 is 18.7 Å². The van der Waals surface area contributed by atoms with Crippen LogP contribution in [0, 0.1) is 12.7 Å². The summed E-state index contributed by atoms with van der Waals surface area (Å²) >= 11 is 6.98. The minimum atomic E-state index is -0.641. The maximum atomic E-state index is 13.4. The fourth-order valence-electron chi connectivity index (χ4n) is 1.53. The Morgan fingerprint density at radius 3 is 2.76 bits per heavy atom. The highest BCUT2D eigenvalue weighted by molar-refractivity contribution is 7.13. The maximum absolute atomic E-state index is 13.4. The van der Waals surface area contributed by atoms with Gasteiger partial charge < -0.3 is 10.1 Å². The van der Waals surface area contributed by atoms with E-state index in [2.05, 4.69) is 5.32 Å². The first-order chi connectivity index (χ1) is 9.95. The van der Waals surface area contributed by atoms with E-state index in [0.717, 1.165) is 10.9 Å². The number of esters is 1. The zero-order chi connectivity index (χ0) is 15.4. The van der Waals surface area contributed by atoms with Crippen molar-refractivity contribution in [2.24, 2.45) is 0 Å². The van der Waals surface area contributed by atoms with Crippen molar-refractivity contribution in [2.45, 2.75) is 6.92 Å². The van der Waals surface area contributed by atoms with Gasteiger partial charge in [0.2, 0.25) is 0 Å². The van der Waals surface area contributed by atoms with Crippen LogP contribution in [0.3, 0.4) is 0 Å². The lowest BCUT2D eigenvalue weighted by Gasteiger charge is -2.07. The van der Waals surface area contributed by atoms with Crippen molar-refractivity contribution >= 4 is 40.5 Å². The molecule has 7 heteroatoms. The predicted octanol–water partition coefficient (Wildman–Crippen LogP) is 3.64. The molecule has 0 aliphatic carbocycles. The van der Waals surface area contributed by atoms with E-state index < -0.39 is 24.3 Å². The third-order valence-electron chi connectivity index (χ3n) is 2.48. The summed E-state index contributed by atoms with van der Waals surface area (Å²) in [6.07, 6.45) is 0. The highest BCUT2D eigenvalue weighted by Gasteiger charge is 2.13. The van der Waals surface area contributed by atoms with Gasteiger partial charge in [0.05, 0.1) is 5.69 Å². The third kappa shape index (κ3) is 4.27. The minimum Gasteiger partial charge on any atom is -0.451 e. The summed E-state index contributed by atoms with van der Waals surface area (Å²) in [4.78, 5) is 24.6. The molecule has 0 fully saturated rings. The average Bonchev–Trinajstić information content (AvgIpc) is 2.87. The van der Waals surface area contributed by atoms with Gasteiger partial charge in [-0.2, -0.15) is 0 Å². The molecule has 2 rings (SSSR count). The van der Waals surface area contributed by atoms with Crippen LogP contribution in [0.25, 0.3) is 0 Å². The molecule has 0 aliphatic heterocycles. The quantitative estimate of drug-likeness (QED) is 0.872. The molecular formula is C14H11ClFNO3S. The highest BCUT2D eigenvalue weighted by Crippen LogP contribution is 2.19. The summed E-state index contributed by atoms with van der Waals surface area (Å²) < 4.78 is 18.3. The Morgan fingerprint density at radius 2 is 2.10 bits per heavy atom. The number of anilines is 1. The van der Waals surface area contributed by atoms with E-state index in [0.29, 0.717) is 4.88 Å². The second-order valence-electron chi connectivity index (χ2n) is 4.16. The number of thiophene rings is 1. The fraction of sp³-hybridized carbons (Fsp3) is 0.143. The van der Waals surface area contributed by atoms with Crippen molar-refractivity contribution in [2.75, 3.05) is 11.9 Å². The molecule has 1 aromatic carbocycles. The van der Waals surface area contributed by atoms with Gasteiger partial charge in [-0.3, -0.25) is 4.79 Å². The summed E-state index contributed by atoms with van der Waals surface area (Å²) in [5.41, 5.74) is -0.0597. The van der Waals surface area contributed by atoms with E-state index in [4.69, 9.17) is 16.3 Å². The molecular weight excluding hydrogens is 317 g/mol. The van der Waals surface area contributed by atoms with Gasteiger partial charge in [0.25, 0.3) is 5.91 Å². The monoisotopic (exact) mass is 327 g/mol. The van der Waals surface area contributed by atoms with Crippen LogP contribution in [0.1, 0.15) is 14.5 Å². The molecule has 0 aliphatic rings. The van der Waals surface area contributed by atoms with Gasteiger partial charge in [-0.1, -0.05) is 11.6 Å². The molecule has 2 aromatic rings. The molecule has 21 heavy (non-hydrogen) atoms. The summed E-state index contributed by atoms with van der Waals surface area (Å²) in [6, 6.07) is 7.18. The van der Waals surface area contributed by atoms with Crippen LogP contribution < -0.4 is 5.32 Å². The first-order valence-electron chi connectivity index (χ1n) is 5.94. The van der Waals surface area contributed by atoms with Crippen LogP contribution >= 0.6 is 22.9 Å². The van der Waals surface area contributed by atoms with Crippen LogP contribution in [-0.4, -0.2) is 18.5 Å². The van der Waals surface area contributed by atoms with Gasteiger partial charge in [0.1, 0.15) is 10.7 Å². The van der Waals surface area contributed by atoms with E-state index in [1.54, 1.807) is 12.1 Å². The van der Waals surface area contributed by atoms with Crippen molar-refractivity contribution in [1.29, 1.82) is 0 Å². The SMILES string of the molecule is Cc1ccc(C(=O)OCC(=O)Nc2cc(Cl)ccc2F)s1. The van der Waals surface area contributed by atoms with Crippen molar-refractivity contribution in [3.8, 4) is 0 Å². The standard InChI is InChI=1S/C14H11ClFNO3S/c1-8-2-5-12(21-8)14(19)20-7-13(18)17-11-6-9(15)3-4-10(11)16/h2-6H,7H2,1H3,(H,17,18). The molecule has 0 saturated carbocycles. The number of ether oxygens (including phenoxy) is 1. The summed E-state index contributed by atoms with van der Waals surface area (Å²) in [6.45, 7) is 1.36. The van der Waals surface area contributed by atoms with Crippen LogP contribution in [0.4, 0.5) is 10.1 Å². The molecule has 1 aromatic heterocycles. The van der Waals surface area contributed by atoms with Gasteiger partial charge >= 0.3 is 5.97 Å². The van der Waals surface area contributed by atoms with Gasteiger partial charge in [0, 0.05) is 9.90 Å². The second-order valence-corrected chi connectivity index (χ2v) is 5.88. The molecule has 0 radical (unpaired) electrons. The molecule has 0 bridgehead atoms. The topological polar surface area (TPSA) is 55.4 Å². The zero-order valence-corrected chi connectivity index (χ0v) is 12.6. The number of nitrogens with one attached hydrogen (secondary N) is 1. The van der Waals surface area contributed by atoms with Crippen LogP contribution in [-0.2, 0) is 9.53 Å². The van der Waals surface area contributed by atoms with Crippen LogP contribution in [0.5, 0.6) is 0 Å². The number of hydrogen-bond acceptors (Lipinski definition) is 4. The van der Waals surface area contributed by atoms with Crippen molar-refractivity contribution in [3.63, 3.8) is 0 Å². The minimum absolute atomic E-state index is 0.0597. The number of amides is 1. The molecule has 1 amide bonds. The number of rotatable bonds is 4. The number of carbonyl (C=O) groups is 2. The molecule has 0 atom stereocenters. The van der Waals surface area contributed by atoms with E-state index in [1.807, 2.05) is 6.92 Å². The van der Waals surface area contributed by atoms with Crippen molar-refractivity contribution in [3.05, 3.63) is 50.9 Å². The van der Waals surface area contributed by atoms with Crippen LogP contribution in [0.2, 0.25) is 5.02 Å². The number of hydrogen-bond donors (Lipinski definition) is 1. The molecule has 0 spiro atoms. The molecule has 1 N–H and O–H groups in total. The summed E-state index contributed by atoms with van der Waals surface area (Å²) in [5, 5.41) is 2.58. The first kappa shape index (κ1) is 15.5. The lowest BCUT2D eigenvalue weighted by atomic mass is 10.3. The molecule has 0 saturated heterocycles. The number of carbonyl (C=O) groups excluding carboxylic acids is 2. The fourth-order valence-corrected chi connectivity index (χ4v) is 2.46. The molecule has 4 nitrogen and oxygen atoms in total. The lowest BCUT2D eigenvalue weighted by molar-refractivity contribution is -0.119.